The van der Waals surface area contributed by atoms with E-state index in [1.807, 2.05) is 48.5 Å². The smallest absolute Gasteiger partial charge is 0.137 e. The Labute approximate surface area is 312 Å². The fourth-order valence-electron chi connectivity index (χ4n) is 9.04. The van der Waals surface area contributed by atoms with Gasteiger partial charge in [-0.1, -0.05) is 140 Å². The Morgan fingerprint density at radius 1 is 0.444 bits per heavy atom. The quantitative estimate of drug-likeness (QED) is 0.185. The molecule has 3 aromatic heterocycles. The highest BCUT2D eigenvalue weighted by Gasteiger charge is 2.51. The van der Waals surface area contributed by atoms with Crippen LogP contribution in [0.15, 0.2) is 182 Å². The summed E-state index contributed by atoms with van der Waals surface area (Å²) in [5, 5.41) is 10.3. The topological polar surface area (TPSA) is 54.0 Å². The fourth-order valence-corrected chi connectivity index (χ4v) is 9.04. The van der Waals surface area contributed by atoms with E-state index < -0.39 is 5.41 Å². The lowest BCUT2D eigenvalue weighted by Crippen LogP contribution is -2.25. The molecular formula is C50H30N4. The molecule has 54 heavy (non-hydrogen) atoms. The van der Waals surface area contributed by atoms with Crippen LogP contribution in [0.3, 0.4) is 0 Å². The van der Waals surface area contributed by atoms with Gasteiger partial charge >= 0.3 is 0 Å². The molecule has 1 spiro atoms. The number of nitriles is 1. The number of hydrogen-bond acceptors (Lipinski definition) is 3. The normalized spacial score (nSPS) is 12.9. The molecule has 250 valence electrons. The summed E-state index contributed by atoms with van der Waals surface area (Å²) in [5.41, 5.74) is 18.6. The maximum atomic E-state index is 10.3. The molecule has 0 N–H and O–H groups in total. The second-order valence-electron chi connectivity index (χ2n) is 14.1. The molecule has 0 fully saturated rings. The Morgan fingerprint density at radius 3 is 1.67 bits per heavy atom. The molecule has 0 bridgehead atoms. The average Bonchev–Trinajstić information content (AvgIpc) is 3.88. The molecule has 11 rings (SSSR count). The van der Waals surface area contributed by atoms with Crippen molar-refractivity contribution in [1.82, 2.24) is 14.4 Å². The maximum absolute atomic E-state index is 10.3. The van der Waals surface area contributed by atoms with Gasteiger partial charge in [0.2, 0.25) is 0 Å². The lowest BCUT2D eigenvalue weighted by atomic mass is 9.70. The highest BCUT2D eigenvalue weighted by Crippen LogP contribution is 2.63. The van der Waals surface area contributed by atoms with E-state index in [0.29, 0.717) is 5.56 Å². The van der Waals surface area contributed by atoms with Crippen molar-refractivity contribution in [3.05, 3.63) is 210 Å². The summed E-state index contributed by atoms with van der Waals surface area (Å²) in [5.74, 6) is 0. The summed E-state index contributed by atoms with van der Waals surface area (Å²) in [6, 6.07) is 64.3. The van der Waals surface area contributed by atoms with Crippen LogP contribution in [0.1, 0.15) is 27.8 Å². The summed E-state index contributed by atoms with van der Waals surface area (Å²) >= 11 is 0. The van der Waals surface area contributed by atoms with E-state index in [2.05, 4.69) is 144 Å². The Balaban J connectivity index is 1.09. The first-order valence-corrected chi connectivity index (χ1v) is 18.2. The average molecular weight is 687 g/mol. The molecule has 3 heterocycles. The van der Waals surface area contributed by atoms with Gasteiger partial charge in [-0.15, -0.1) is 0 Å². The van der Waals surface area contributed by atoms with E-state index in [1.54, 1.807) is 0 Å². The molecule has 6 aromatic carbocycles. The summed E-state index contributed by atoms with van der Waals surface area (Å²) < 4.78 is 2.14. The number of hydrogen-bond donors (Lipinski definition) is 0. The molecule has 0 unspecified atom stereocenters. The molecule has 0 radical (unpaired) electrons. The fraction of sp³-hybridized carbons (Fsp3) is 0.0200. The second kappa shape index (κ2) is 11.6. The van der Waals surface area contributed by atoms with Crippen LogP contribution in [-0.2, 0) is 5.41 Å². The van der Waals surface area contributed by atoms with Crippen LogP contribution in [0, 0.1) is 11.3 Å². The van der Waals surface area contributed by atoms with Gasteiger partial charge in [-0.05, 0) is 80.9 Å². The van der Waals surface area contributed by atoms with Crippen molar-refractivity contribution in [2.75, 3.05) is 0 Å². The minimum atomic E-state index is -0.455. The largest absolute Gasteiger partial charge is 0.299 e. The van der Waals surface area contributed by atoms with E-state index in [9.17, 15) is 5.26 Å². The monoisotopic (exact) mass is 686 g/mol. The van der Waals surface area contributed by atoms with Crippen molar-refractivity contribution >= 4 is 5.65 Å². The number of benzene rings is 6. The summed E-state index contributed by atoms with van der Waals surface area (Å²) in [6.07, 6.45) is 2.06. The van der Waals surface area contributed by atoms with Crippen LogP contribution in [0.2, 0.25) is 0 Å². The van der Waals surface area contributed by atoms with Gasteiger partial charge in [0.25, 0.3) is 0 Å². The van der Waals surface area contributed by atoms with Crippen molar-refractivity contribution in [3.8, 4) is 73.4 Å². The number of nitrogens with zero attached hydrogens (tertiary/aromatic N) is 4. The van der Waals surface area contributed by atoms with Crippen LogP contribution in [0.4, 0.5) is 0 Å². The van der Waals surface area contributed by atoms with Gasteiger partial charge in [0.15, 0.2) is 0 Å². The van der Waals surface area contributed by atoms with Crippen LogP contribution < -0.4 is 0 Å². The molecule has 0 saturated carbocycles. The van der Waals surface area contributed by atoms with Crippen LogP contribution in [-0.4, -0.2) is 14.4 Å². The molecule has 0 saturated heterocycles. The molecule has 0 atom stereocenters. The summed E-state index contributed by atoms with van der Waals surface area (Å²) in [7, 11) is 0. The van der Waals surface area contributed by atoms with Gasteiger partial charge in [-0.25, -0.2) is 9.97 Å². The number of pyridine rings is 2. The van der Waals surface area contributed by atoms with Gasteiger partial charge in [0.05, 0.1) is 39.8 Å². The van der Waals surface area contributed by atoms with Crippen molar-refractivity contribution in [2.24, 2.45) is 0 Å². The Morgan fingerprint density at radius 2 is 1.00 bits per heavy atom. The SMILES string of the molecule is N#Cc1cc(-c2cccc(-c3c(-c4ccccc4)nc4ccccn34)c2)nc(-c2ccc3c(c2)C2(c4ccccc4-c4ccccc42)c2ccccc2-3)c1. The lowest BCUT2D eigenvalue weighted by Gasteiger charge is -2.30. The van der Waals surface area contributed by atoms with E-state index in [4.69, 9.17) is 9.97 Å². The number of rotatable bonds is 4. The van der Waals surface area contributed by atoms with E-state index >= 15 is 0 Å². The first-order chi connectivity index (χ1) is 26.7. The number of fused-ring (bicyclic) bond motifs is 11. The van der Waals surface area contributed by atoms with Crippen LogP contribution in [0.25, 0.3) is 72.9 Å². The Kier molecular flexibility index (Phi) is 6.50. The third-order valence-corrected chi connectivity index (χ3v) is 11.3. The molecule has 2 aliphatic rings. The van der Waals surface area contributed by atoms with Gasteiger partial charge in [-0.3, -0.25) is 4.40 Å². The first kappa shape index (κ1) is 30.3. The summed E-state index contributed by atoms with van der Waals surface area (Å²) in [6.45, 7) is 0. The maximum Gasteiger partial charge on any atom is 0.137 e. The Bertz CT molecular complexity index is 2960. The zero-order chi connectivity index (χ0) is 35.8. The predicted octanol–water partition coefficient (Wildman–Crippen LogP) is 11.6. The van der Waals surface area contributed by atoms with E-state index in [-0.39, 0.29) is 0 Å². The van der Waals surface area contributed by atoms with Crippen molar-refractivity contribution in [2.45, 2.75) is 5.41 Å². The molecule has 4 nitrogen and oxygen atoms in total. The minimum absolute atomic E-state index is 0.455. The van der Waals surface area contributed by atoms with Crippen molar-refractivity contribution < 1.29 is 0 Å². The zero-order valence-corrected chi connectivity index (χ0v) is 29.1. The standard InChI is InChI=1S/C50H30N4/c51-31-32-27-45(34-15-12-16-36(29-34)49-48(33-13-2-1-3-14-33)53-47-23-10-11-26-54(47)49)52-46(28-32)35-24-25-40-39-19-6-9-22-43(39)50(44(40)30-35)41-20-7-4-17-37(41)38-18-5-8-21-42(38)50/h1-30H. The summed E-state index contributed by atoms with van der Waals surface area (Å²) in [4.78, 5) is 10.3. The van der Waals surface area contributed by atoms with Crippen LogP contribution in [0.5, 0.6) is 0 Å². The predicted molar refractivity (Wildman–Crippen MR) is 216 cm³/mol. The minimum Gasteiger partial charge on any atom is -0.299 e. The van der Waals surface area contributed by atoms with Crippen molar-refractivity contribution in [3.63, 3.8) is 0 Å². The van der Waals surface area contributed by atoms with E-state index in [0.717, 1.165) is 50.7 Å². The van der Waals surface area contributed by atoms with Crippen molar-refractivity contribution in [1.29, 1.82) is 5.26 Å². The number of aromatic nitrogens is 3. The van der Waals surface area contributed by atoms with Gasteiger partial charge in [-0.2, -0.15) is 5.26 Å². The van der Waals surface area contributed by atoms with Gasteiger partial charge in [0, 0.05) is 28.5 Å². The molecular weight excluding hydrogens is 657 g/mol. The molecule has 0 aliphatic heterocycles. The third-order valence-electron chi connectivity index (χ3n) is 11.3. The van der Waals surface area contributed by atoms with Gasteiger partial charge in [0.1, 0.15) is 5.65 Å². The number of imidazole rings is 1. The molecule has 4 heteroatoms. The molecule has 0 amide bonds. The highest BCUT2D eigenvalue weighted by atomic mass is 15.0. The highest BCUT2D eigenvalue weighted by molar-refractivity contribution is 5.96. The first-order valence-electron chi connectivity index (χ1n) is 18.2. The van der Waals surface area contributed by atoms with Crippen LogP contribution >= 0.6 is 0 Å². The second-order valence-corrected chi connectivity index (χ2v) is 14.1. The van der Waals surface area contributed by atoms with Gasteiger partial charge < -0.3 is 0 Å². The molecule has 9 aromatic rings. The Hall–Kier alpha value is -7.35. The molecule has 2 aliphatic carbocycles. The zero-order valence-electron chi connectivity index (χ0n) is 29.1. The third kappa shape index (κ3) is 4.24. The lowest BCUT2D eigenvalue weighted by molar-refractivity contribution is 0.794. The van der Waals surface area contributed by atoms with E-state index in [1.165, 1.54) is 44.5 Å².